The first-order valence-electron chi connectivity index (χ1n) is 10.0. The predicted molar refractivity (Wildman–Crippen MR) is 104 cm³/mol. The molecule has 128 valence electrons. The fourth-order valence-corrected chi connectivity index (χ4v) is 6.24. The van der Waals surface area contributed by atoms with E-state index in [0.29, 0.717) is 5.41 Å². The molecule has 0 saturated heterocycles. The Kier molecular flexibility index (Phi) is 3.98. The van der Waals surface area contributed by atoms with E-state index >= 15 is 0 Å². The van der Waals surface area contributed by atoms with Gasteiger partial charge in [0, 0.05) is 0 Å². The minimum atomic E-state index is 0.439. The van der Waals surface area contributed by atoms with E-state index in [1.54, 1.807) is 16.7 Å². The van der Waals surface area contributed by atoms with Crippen molar-refractivity contribution in [3.63, 3.8) is 0 Å². The van der Waals surface area contributed by atoms with Gasteiger partial charge in [0.2, 0.25) is 0 Å². The number of aryl methyl sites for hydroxylation is 2. The third kappa shape index (κ3) is 2.25. The summed E-state index contributed by atoms with van der Waals surface area (Å²) >= 11 is 0. The van der Waals surface area contributed by atoms with Crippen LogP contribution in [0.4, 0.5) is 0 Å². The van der Waals surface area contributed by atoms with Crippen LogP contribution in [0.25, 0.3) is 6.08 Å². The molecule has 4 rings (SSSR count). The van der Waals surface area contributed by atoms with E-state index in [-0.39, 0.29) is 0 Å². The molecule has 0 heterocycles. The number of fused-ring (bicyclic) bond motifs is 5. The van der Waals surface area contributed by atoms with E-state index < -0.39 is 0 Å². The van der Waals surface area contributed by atoms with Crippen molar-refractivity contribution in [2.24, 2.45) is 17.3 Å². The molecule has 0 aliphatic heterocycles. The van der Waals surface area contributed by atoms with Crippen LogP contribution in [0.3, 0.4) is 0 Å². The molecule has 1 aromatic carbocycles. The van der Waals surface area contributed by atoms with E-state index in [0.717, 1.165) is 24.2 Å². The summed E-state index contributed by atoms with van der Waals surface area (Å²) in [6.45, 7) is 11.4. The monoisotopic (exact) mass is 320 g/mol. The van der Waals surface area contributed by atoms with Crippen LogP contribution in [0.2, 0.25) is 0 Å². The van der Waals surface area contributed by atoms with Gasteiger partial charge in [-0.15, -0.1) is 0 Å². The highest BCUT2D eigenvalue weighted by atomic mass is 14.6. The molecule has 3 aliphatic rings. The van der Waals surface area contributed by atoms with Crippen LogP contribution in [0, 0.1) is 17.3 Å². The van der Waals surface area contributed by atoms with Gasteiger partial charge in [-0.3, -0.25) is 0 Å². The maximum absolute atomic E-state index is 4.44. The van der Waals surface area contributed by atoms with Gasteiger partial charge < -0.3 is 0 Å². The molecule has 2 saturated carbocycles. The van der Waals surface area contributed by atoms with E-state index in [9.17, 15) is 0 Å². The minimum Gasteiger partial charge on any atom is -0.0993 e. The molecule has 3 aliphatic carbocycles. The van der Waals surface area contributed by atoms with E-state index in [1.807, 2.05) is 0 Å². The lowest BCUT2D eigenvalue weighted by molar-refractivity contribution is 0.0816. The van der Waals surface area contributed by atoms with Crippen molar-refractivity contribution in [2.75, 3.05) is 0 Å². The molecule has 2 fully saturated rings. The molecule has 0 heteroatoms. The Hall–Kier alpha value is -1.30. The topological polar surface area (TPSA) is 0 Å². The van der Waals surface area contributed by atoms with E-state index in [1.165, 1.54) is 49.7 Å². The zero-order valence-electron chi connectivity index (χ0n) is 15.7. The normalized spacial score (nSPS) is 35.0. The standard InChI is InChI=1S/C24H32/c1-5-7-18-15-22-19(14-17(18)6-2)9-10-21-20(22)12-13-24(4)16(3)8-11-23(21)24/h5,7,14-15,20-21,23H,3,6,8-13H2,1-2,4H3/b7-5+. The second-order valence-corrected chi connectivity index (χ2v) is 8.62. The van der Waals surface area contributed by atoms with E-state index in [4.69, 9.17) is 0 Å². The van der Waals surface area contributed by atoms with Gasteiger partial charge in [0.1, 0.15) is 0 Å². The molecular weight excluding hydrogens is 288 g/mol. The Labute approximate surface area is 148 Å². The summed E-state index contributed by atoms with van der Waals surface area (Å²) in [5.41, 5.74) is 8.32. The van der Waals surface area contributed by atoms with Crippen molar-refractivity contribution >= 4 is 6.08 Å². The Morgan fingerprint density at radius 3 is 2.79 bits per heavy atom. The lowest BCUT2D eigenvalue weighted by Crippen LogP contribution is -2.40. The summed E-state index contributed by atoms with van der Waals surface area (Å²) in [5.74, 6) is 2.57. The largest absolute Gasteiger partial charge is 0.0993 e. The van der Waals surface area contributed by atoms with Crippen molar-refractivity contribution < 1.29 is 0 Å². The second kappa shape index (κ2) is 5.90. The van der Waals surface area contributed by atoms with Crippen molar-refractivity contribution in [3.8, 4) is 0 Å². The van der Waals surface area contributed by atoms with Gasteiger partial charge >= 0.3 is 0 Å². The van der Waals surface area contributed by atoms with Crippen molar-refractivity contribution in [1.29, 1.82) is 0 Å². The molecule has 0 spiro atoms. The molecule has 0 aromatic heterocycles. The number of rotatable bonds is 2. The lowest BCUT2D eigenvalue weighted by Gasteiger charge is -2.49. The van der Waals surface area contributed by atoms with Crippen LogP contribution in [0.5, 0.6) is 0 Å². The maximum Gasteiger partial charge on any atom is -0.00876 e. The van der Waals surface area contributed by atoms with Gasteiger partial charge in [0.25, 0.3) is 0 Å². The molecule has 0 radical (unpaired) electrons. The van der Waals surface area contributed by atoms with Crippen molar-refractivity contribution in [3.05, 3.63) is 52.6 Å². The quantitative estimate of drug-likeness (QED) is 0.532. The first-order valence-corrected chi connectivity index (χ1v) is 10.0. The molecule has 4 unspecified atom stereocenters. The third-order valence-electron chi connectivity index (χ3n) is 7.67. The minimum absolute atomic E-state index is 0.439. The zero-order valence-corrected chi connectivity index (χ0v) is 15.7. The summed E-state index contributed by atoms with van der Waals surface area (Å²) in [6, 6.07) is 5.08. The number of allylic oxidation sites excluding steroid dienone is 2. The van der Waals surface area contributed by atoms with Gasteiger partial charge in [-0.1, -0.05) is 50.3 Å². The van der Waals surface area contributed by atoms with Gasteiger partial charge in [-0.2, -0.15) is 0 Å². The summed E-state index contributed by atoms with van der Waals surface area (Å²) in [7, 11) is 0. The average Bonchev–Trinajstić information content (AvgIpc) is 2.89. The van der Waals surface area contributed by atoms with Crippen molar-refractivity contribution in [2.45, 2.75) is 71.6 Å². The number of hydrogen-bond donors (Lipinski definition) is 0. The highest BCUT2D eigenvalue weighted by Gasteiger charge is 2.51. The zero-order chi connectivity index (χ0) is 16.9. The molecular formula is C24H32. The molecule has 1 aromatic rings. The Bertz CT molecular complexity index is 692. The average molecular weight is 321 g/mol. The van der Waals surface area contributed by atoms with Crippen molar-refractivity contribution in [1.82, 2.24) is 0 Å². The summed E-state index contributed by atoms with van der Waals surface area (Å²) in [4.78, 5) is 0. The Balaban J connectivity index is 1.74. The second-order valence-electron chi connectivity index (χ2n) is 8.62. The van der Waals surface area contributed by atoms with Gasteiger partial charge in [-0.25, -0.2) is 0 Å². The maximum atomic E-state index is 4.44. The third-order valence-corrected chi connectivity index (χ3v) is 7.67. The molecule has 0 bridgehead atoms. The summed E-state index contributed by atoms with van der Waals surface area (Å²) in [5, 5.41) is 0. The number of hydrogen-bond acceptors (Lipinski definition) is 0. The van der Waals surface area contributed by atoms with Gasteiger partial charge in [0.05, 0.1) is 0 Å². The van der Waals surface area contributed by atoms with Gasteiger partial charge in [0.15, 0.2) is 0 Å². The highest BCUT2D eigenvalue weighted by Crippen LogP contribution is 2.62. The Morgan fingerprint density at radius 1 is 1.21 bits per heavy atom. The lowest BCUT2D eigenvalue weighted by atomic mass is 9.55. The molecule has 0 nitrogen and oxygen atoms in total. The first-order chi connectivity index (χ1) is 11.6. The summed E-state index contributed by atoms with van der Waals surface area (Å²) in [6.07, 6.45) is 13.7. The van der Waals surface area contributed by atoms with Crippen LogP contribution >= 0.6 is 0 Å². The SMILES string of the molecule is C=C1CCC2C3CCc4cc(CC)c(/C=C/C)cc4C3CCC12C. The molecule has 4 atom stereocenters. The fraction of sp³-hybridized carbons (Fsp3) is 0.583. The van der Waals surface area contributed by atoms with Crippen LogP contribution in [-0.4, -0.2) is 0 Å². The highest BCUT2D eigenvalue weighted by molar-refractivity contribution is 5.58. The first kappa shape index (κ1) is 16.2. The van der Waals surface area contributed by atoms with Crippen LogP contribution in [-0.2, 0) is 12.8 Å². The van der Waals surface area contributed by atoms with Crippen LogP contribution in [0.15, 0.2) is 30.4 Å². The fourth-order valence-electron chi connectivity index (χ4n) is 6.24. The van der Waals surface area contributed by atoms with Gasteiger partial charge in [-0.05, 0) is 97.3 Å². The van der Waals surface area contributed by atoms with Crippen LogP contribution in [0.1, 0.15) is 81.0 Å². The Morgan fingerprint density at radius 2 is 2.04 bits per heavy atom. The smallest absolute Gasteiger partial charge is 0.00876 e. The van der Waals surface area contributed by atoms with E-state index in [2.05, 4.69) is 51.6 Å². The molecule has 0 amide bonds. The summed E-state index contributed by atoms with van der Waals surface area (Å²) < 4.78 is 0. The predicted octanol–water partition coefficient (Wildman–Crippen LogP) is 6.69. The number of benzene rings is 1. The molecule has 0 N–H and O–H groups in total. The van der Waals surface area contributed by atoms with Crippen LogP contribution < -0.4 is 0 Å². The molecule has 24 heavy (non-hydrogen) atoms.